The number of aromatic nitrogens is 1. The average Bonchev–Trinajstić information content (AvgIpc) is 2.61. The number of nitrogens with two attached hydrogens (primary N) is 1. The lowest BCUT2D eigenvalue weighted by molar-refractivity contribution is -0.384. The molecule has 2 aromatic rings. The number of anilines is 1. The maximum absolute atomic E-state index is 11.6. The molecule has 8 nitrogen and oxygen atoms in total. The number of amides is 1. The molecule has 0 saturated carbocycles. The zero-order valence-corrected chi connectivity index (χ0v) is 14.3. The number of nitrogen functional groups attached to an aromatic ring is 1. The van der Waals surface area contributed by atoms with Gasteiger partial charge in [-0.15, -0.1) is 0 Å². The van der Waals surface area contributed by atoms with E-state index in [2.05, 4.69) is 22.1 Å². The molecule has 1 aromatic carbocycles. The second-order valence-corrected chi connectivity index (χ2v) is 5.39. The third kappa shape index (κ3) is 5.65. The van der Waals surface area contributed by atoms with Gasteiger partial charge in [0.25, 0.3) is 0 Å². The van der Waals surface area contributed by atoms with Crippen molar-refractivity contribution in [2.45, 2.75) is 13.0 Å². The lowest BCUT2D eigenvalue weighted by Gasteiger charge is -2.05. The van der Waals surface area contributed by atoms with Crippen molar-refractivity contribution >= 4 is 29.2 Å². The van der Waals surface area contributed by atoms with Gasteiger partial charge in [-0.1, -0.05) is 53.8 Å². The van der Waals surface area contributed by atoms with Gasteiger partial charge in [-0.2, -0.15) is 0 Å². The highest BCUT2D eigenvalue weighted by atomic mass is 35.5. The van der Waals surface area contributed by atoms with Gasteiger partial charge in [-0.3, -0.25) is 10.1 Å². The lowest BCUT2D eigenvalue weighted by atomic mass is 10.2. The van der Waals surface area contributed by atoms with Crippen LogP contribution in [-0.2, 0) is 11.3 Å². The van der Waals surface area contributed by atoms with Crippen molar-refractivity contribution in [2.75, 3.05) is 12.3 Å². The van der Waals surface area contributed by atoms with Crippen LogP contribution in [-0.4, -0.2) is 22.5 Å². The van der Waals surface area contributed by atoms with Crippen molar-refractivity contribution < 1.29 is 14.5 Å². The molecule has 9 heteroatoms. The molecule has 1 amide bonds. The Hall–Kier alpha value is -3.31. The molecule has 26 heavy (non-hydrogen) atoms. The molecule has 0 unspecified atom stereocenters. The topological polar surface area (TPSA) is 120 Å². The number of benzene rings is 1. The normalized spacial score (nSPS) is 9.73. The standard InChI is InChI=1S/C17H15ClN4O4/c18-15-13(10-14(22(24)25)16(19)21-15)8-4-5-9-20-17(23)26-11-12-6-2-1-3-7-12/h1-3,6-7,10H,5,9,11H2,(H2,19,21)(H,20,23). The molecule has 134 valence electrons. The summed E-state index contributed by atoms with van der Waals surface area (Å²) in [6, 6.07) is 10.4. The summed E-state index contributed by atoms with van der Waals surface area (Å²) in [6.07, 6.45) is -0.256. The third-order valence-electron chi connectivity index (χ3n) is 3.14. The first-order chi connectivity index (χ1) is 12.5. The molecule has 0 aliphatic rings. The molecule has 0 radical (unpaired) electrons. The Balaban J connectivity index is 1.81. The molecule has 0 saturated heterocycles. The first-order valence-electron chi connectivity index (χ1n) is 7.51. The van der Waals surface area contributed by atoms with Gasteiger partial charge >= 0.3 is 11.8 Å². The van der Waals surface area contributed by atoms with Crippen LogP contribution in [0.15, 0.2) is 36.4 Å². The predicted molar refractivity (Wildman–Crippen MR) is 96.4 cm³/mol. The Morgan fingerprint density at radius 3 is 2.81 bits per heavy atom. The number of carbonyl (C=O) groups excluding carboxylic acids is 1. The zero-order chi connectivity index (χ0) is 18.9. The van der Waals surface area contributed by atoms with E-state index < -0.39 is 11.0 Å². The molecule has 0 atom stereocenters. The fraction of sp³-hybridized carbons (Fsp3) is 0.176. The van der Waals surface area contributed by atoms with E-state index >= 15 is 0 Å². The summed E-state index contributed by atoms with van der Waals surface area (Å²) in [5, 5.41) is 13.4. The quantitative estimate of drug-likeness (QED) is 0.273. The highest BCUT2D eigenvalue weighted by Crippen LogP contribution is 2.24. The highest BCUT2D eigenvalue weighted by molar-refractivity contribution is 6.30. The molecule has 1 aromatic heterocycles. The van der Waals surface area contributed by atoms with Crippen LogP contribution in [0.4, 0.5) is 16.3 Å². The summed E-state index contributed by atoms with van der Waals surface area (Å²) >= 11 is 5.86. The fourth-order valence-electron chi connectivity index (χ4n) is 1.89. The number of hydrogen-bond donors (Lipinski definition) is 2. The second-order valence-electron chi connectivity index (χ2n) is 5.03. The van der Waals surface area contributed by atoms with Crippen LogP contribution in [0.1, 0.15) is 17.5 Å². The van der Waals surface area contributed by atoms with Crippen molar-refractivity contribution in [3.8, 4) is 11.8 Å². The number of hydrogen-bond acceptors (Lipinski definition) is 6. The van der Waals surface area contributed by atoms with Crippen LogP contribution in [0.3, 0.4) is 0 Å². The minimum Gasteiger partial charge on any atom is -0.445 e. The van der Waals surface area contributed by atoms with Crippen LogP contribution in [0.2, 0.25) is 5.15 Å². The molecule has 1 heterocycles. The Morgan fingerprint density at radius 2 is 2.12 bits per heavy atom. The van der Waals surface area contributed by atoms with Crippen molar-refractivity contribution in [3.63, 3.8) is 0 Å². The Labute approximate surface area is 154 Å². The number of nitrogens with one attached hydrogen (secondary N) is 1. The summed E-state index contributed by atoms with van der Waals surface area (Å²) in [7, 11) is 0. The van der Waals surface area contributed by atoms with Gasteiger partial charge in [0.1, 0.15) is 11.8 Å². The maximum atomic E-state index is 11.6. The summed E-state index contributed by atoms with van der Waals surface area (Å²) in [5.74, 6) is 5.15. The van der Waals surface area contributed by atoms with Crippen molar-refractivity contribution in [1.82, 2.24) is 10.3 Å². The molecule has 0 bridgehead atoms. The number of ether oxygens (including phenoxy) is 1. The SMILES string of the molecule is Nc1nc(Cl)c(C#CCCNC(=O)OCc2ccccc2)cc1[N+](=O)[O-]. The molecule has 0 fully saturated rings. The number of halogens is 1. The Bertz CT molecular complexity index is 862. The van der Waals surface area contributed by atoms with Gasteiger partial charge < -0.3 is 15.8 Å². The van der Waals surface area contributed by atoms with Gasteiger partial charge in [0.15, 0.2) is 0 Å². The van der Waals surface area contributed by atoms with Gasteiger partial charge in [0.2, 0.25) is 5.82 Å². The number of pyridine rings is 1. The first kappa shape index (κ1) is 19.0. The van der Waals surface area contributed by atoms with E-state index in [1.807, 2.05) is 30.3 Å². The van der Waals surface area contributed by atoms with E-state index in [0.29, 0.717) is 6.42 Å². The second kappa shape index (κ2) is 9.25. The zero-order valence-electron chi connectivity index (χ0n) is 13.6. The highest BCUT2D eigenvalue weighted by Gasteiger charge is 2.15. The summed E-state index contributed by atoms with van der Waals surface area (Å²) < 4.78 is 5.05. The fourth-order valence-corrected chi connectivity index (χ4v) is 2.08. The number of alkyl carbamates (subject to hydrolysis) is 1. The number of nitro groups is 1. The van der Waals surface area contributed by atoms with E-state index in [1.165, 1.54) is 6.07 Å². The minimum absolute atomic E-state index is 0.0177. The van der Waals surface area contributed by atoms with Gasteiger partial charge in [-0.05, 0) is 5.56 Å². The smallest absolute Gasteiger partial charge is 0.407 e. The van der Waals surface area contributed by atoms with Crippen LogP contribution in [0.25, 0.3) is 0 Å². The monoisotopic (exact) mass is 374 g/mol. The summed E-state index contributed by atoms with van der Waals surface area (Å²) in [4.78, 5) is 25.4. The van der Waals surface area contributed by atoms with E-state index in [4.69, 9.17) is 22.1 Å². The molecule has 0 spiro atoms. The Kier molecular flexibility index (Phi) is 6.76. The molecule has 0 aliphatic heterocycles. The molecule has 3 N–H and O–H groups in total. The number of carbonyl (C=O) groups is 1. The third-order valence-corrected chi connectivity index (χ3v) is 3.42. The van der Waals surface area contributed by atoms with Crippen LogP contribution in [0.5, 0.6) is 0 Å². The van der Waals surface area contributed by atoms with Gasteiger partial charge in [0, 0.05) is 19.0 Å². The minimum atomic E-state index is -0.659. The van der Waals surface area contributed by atoms with E-state index in [1.54, 1.807) is 0 Å². The molecule has 0 aliphatic carbocycles. The molecular formula is C17H15ClN4O4. The first-order valence-corrected chi connectivity index (χ1v) is 7.89. The van der Waals surface area contributed by atoms with Crippen LogP contribution in [0, 0.1) is 22.0 Å². The lowest BCUT2D eigenvalue weighted by Crippen LogP contribution is -2.24. The average molecular weight is 375 g/mol. The van der Waals surface area contributed by atoms with Crippen molar-refractivity contribution in [3.05, 3.63) is 62.8 Å². The van der Waals surface area contributed by atoms with Crippen molar-refractivity contribution in [2.24, 2.45) is 0 Å². The maximum Gasteiger partial charge on any atom is 0.407 e. The molecular weight excluding hydrogens is 360 g/mol. The van der Waals surface area contributed by atoms with E-state index in [0.717, 1.165) is 5.56 Å². The molecule has 2 rings (SSSR count). The summed E-state index contributed by atoms with van der Waals surface area (Å²) in [5.41, 5.74) is 6.14. The largest absolute Gasteiger partial charge is 0.445 e. The Morgan fingerprint density at radius 1 is 1.38 bits per heavy atom. The van der Waals surface area contributed by atoms with Crippen LogP contribution < -0.4 is 11.1 Å². The van der Waals surface area contributed by atoms with E-state index in [9.17, 15) is 14.9 Å². The van der Waals surface area contributed by atoms with E-state index in [-0.39, 0.29) is 35.4 Å². The number of rotatable bonds is 5. The van der Waals surface area contributed by atoms with Gasteiger partial charge in [0.05, 0.1) is 10.5 Å². The van der Waals surface area contributed by atoms with Gasteiger partial charge in [-0.25, -0.2) is 9.78 Å². The van der Waals surface area contributed by atoms with Crippen molar-refractivity contribution in [1.29, 1.82) is 0 Å². The predicted octanol–water partition coefficient (Wildman–Crippen LogP) is 2.89. The van der Waals surface area contributed by atoms with Crippen LogP contribution >= 0.6 is 11.6 Å². The summed E-state index contributed by atoms with van der Waals surface area (Å²) in [6.45, 7) is 0.428. The number of nitrogens with zero attached hydrogens (tertiary/aromatic N) is 2.